The van der Waals surface area contributed by atoms with Gasteiger partial charge in [0.1, 0.15) is 0 Å². The summed E-state index contributed by atoms with van der Waals surface area (Å²) < 4.78 is 5.40. The Morgan fingerprint density at radius 1 is 1.04 bits per heavy atom. The van der Waals surface area contributed by atoms with Crippen LogP contribution in [0.15, 0.2) is 60.7 Å². The molecule has 0 bridgehead atoms. The molecule has 1 fully saturated rings. The van der Waals surface area contributed by atoms with E-state index in [2.05, 4.69) is 16.3 Å². The normalized spacial score (nSPS) is 14.2. The molecule has 0 unspecified atom stereocenters. The Bertz CT molecular complexity index is 933. The number of nitrogens with zero attached hydrogens (tertiary/aromatic N) is 1. The van der Waals surface area contributed by atoms with Crippen LogP contribution in [0.1, 0.15) is 9.67 Å². The van der Waals surface area contributed by atoms with Gasteiger partial charge in [-0.15, -0.1) is 11.3 Å². The number of thiophene rings is 1. The van der Waals surface area contributed by atoms with Gasteiger partial charge in [-0.2, -0.15) is 0 Å². The quantitative estimate of drug-likeness (QED) is 0.660. The number of rotatable bonds is 4. The van der Waals surface area contributed by atoms with Crippen LogP contribution >= 0.6 is 22.9 Å². The summed E-state index contributed by atoms with van der Waals surface area (Å²) in [4.78, 5) is 16.6. The van der Waals surface area contributed by atoms with Gasteiger partial charge >= 0.3 is 0 Å². The van der Waals surface area contributed by atoms with Crippen LogP contribution in [0.25, 0.3) is 10.4 Å². The number of halogens is 1. The fourth-order valence-corrected chi connectivity index (χ4v) is 4.06. The number of ether oxygens (including phenoxy) is 1. The summed E-state index contributed by atoms with van der Waals surface area (Å²) in [5, 5.41) is 3.71. The lowest BCUT2D eigenvalue weighted by atomic mass is 10.2. The molecule has 0 radical (unpaired) electrons. The number of morpholine rings is 1. The molecular weight excluding hydrogens is 380 g/mol. The first kappa shape index (κ1) is 18.0. The maximum absolute atomic E-state index is 12.6. The third kappa shape index (κ3) is 4.33. The van der Waals surface area contributed by atoms with E-state index in [0.29, 0.717) is 9.90 Å². The lowest BCUT2D eigenvalue weighted by Gasteiger charge is -2.29. The highest BCUT2D eigenvalue weighted by Crippen LogP contribution is 2.30. The van der Waals surface area contributed by atoms with Gasteiger partial charge in [0.15, 0.2) is 0 Å². The molecule has 4 rings (SSSR count). The van der Waals surface area contributed by atoms with Crippen molar-refractivity contribution < 1.29 is 9.53 Å². The summed E-state index contributed by atoms with van der Waals surface area (Å²) in [6, 6.07) is 19.4. The smallest absolute Gasteiger partial charge is 0.265 e. The monoisotopic (exact) mass is 398 g/mol. The molecule has 27 heavy (non-hydrogen) atoms. The van der Waals surface area contributed by atoms with Gasteiger partial charge in [-0.1, -0.05) is 29.8 Å². The standard InChI is InChI=1S/C21H19ClN2O2S/c22-16-6-4-15(5-7-16)19-8-9-20(27-19)21(25)23-17-2-1-3-18(14-17)24-10-12-26-13-11-24/h1-9,14H,10-13H2,(H,23,25). The molecule has 1 aromatic heterocycles. The van der Waals surface area contributed by atoms with Crippen molar-refractivity contribution in [2.45, 2.75) is 0 Å². The average molecular weight is 399 g/mol. The van der Waals surface area contributed by atoms with Crippen molar-refractivity contribution in [1.82, 2.24) is 0 Å². The summed E-state index contributed by atoms with van der Waals surface area (Å²) in [7, 11) is 0. The summed E-state index contributed by atoms with van der Waals surface area (Å²) >= 11 is 7.41. The van der Waals surface area contributed by atoms with Crippen LogP contribution in [0.4, 0.5) is 11.4 Å². The van der Waals surface area contributed by atoms with E-state index in [9.17, 15) is 4.79 Å². The molecule has 2 aromatic carbocycles. The lowest BCUT2D eigenvalue weighted by Crippen LogP contribution is -2.36. The van der Waals surface area contributed by atoms with E-state index in [0.717, 1.165) is 48.1 Å². The van der Waals surface area contributed by atoms with E-state index < -0.39 is 0 Å². The second-order valence-electron chi connectivity index (χ2n) is 6.27. The molecule has 0 spiro atoms. The zero-order valence-corrected chi connectivity index (χ0v) is 16.2. The number of carbonyl (C=O) groups excluding carboxylic acids is 1. The SMILES string of the molecule is O=C(Nc1cccc(N2CCOCC2)c1)c1ccc(-c2ccc(Cl)cc2)s1. The Morgan fingerprint density at radius 2 is 1.81 bits per heavy atom. The van der Waals surface area contributed by atoms with Gasteiger partial charge in [0.2, 0.25) is 0 Å². The van der Waals surface area contributed by atoms with Crippen molar-refractivity contribution >= 4 is 40.2 Å². The first-order valence-electron chi connectivity index (χ1n) is 8.79. The van der Waals surface area contributed by atoms with Crippen molar-refractivity contribution in [3.8, 4) is 10.4 Å². The molecule has 0 aliphatic carbocycles. The van der Waals surface area contributed by atoms with E-state index in [4.69, 9.17) is 16.3 Å². The molecule has 1 aliphatic heterocycles. The zero-order valence-electron chi connectivity index (χ0n) is 14.7. The Hall–Kier alpha value is -2.34. The predicted octanol–water partition coefficient (Wildman–Crippen LogP) is 5.16. The molecule has 1 saturated heterocycles. The summed E-state index contributed by atoms with van der Waals surface area (Å²) in [6.45, 7) is 3.21. The summed E-state index contributed by atoms with van der Waals surface area (Å²) in [5.74, 6) is -0.0978. The Balaban J connectivity index is 1.47. The van der Waals surface area contributed by atoms with Gasteiger partial charge in [0.25, 0.3) is 5.91 Å². The summed E-state index contributed by atoms with van der Waals surface area (Å²) in [6.07, 6.45) is 0. The predicted molar refractivity (Wildman–Crippen MR) is 112 cm³/mol. The number of amides is 1. The second kappa shape index (κ2) is 8.13. The molecular formula is C21H19ClN2O2S. The minimum Gasteiger partial charge on any atom is -0.378 e. The highest BCUT2D eigenvalue weighted by molar-refractivity contribution is 7.17. The maximum Gasteiger partial charge on any atom is 0.265 e. The Kier molecular flexibility index (Phi) is 5.43. The number of benzene rings is 2. The largest absolute Gasteiger partial charge is 0.378 e. The molecule has 4 nitrogen and oxygen atoms in total. The van der Waals surface area contributed by atoms with Crippen LogP contribution in [-0.4, -0.2) is 32.2 Å². The fourth-order valence-electron chi connectivity index (χ4n) is 3.02. The molecule has 0 saturated carbocycles. The van der Waals surface area contributed by atoms with Gasteiger partial charge < -0.3 is 15.0 Å². The maximum atomic E-state index is 12.6. The van der Waals surface area contributed by atoms with E-state index in [1.807, 2.05) is 54.6 Å². The molecule has 6 heteroatoms. The number of nitrogens with one attached hydrogen (secondary N) is 1. The van der Waals surface area contributed by atoms with Gasteiger partial charge in [-0.05, 0) is 48.0 Å². The fraction of sp³-hybridized carbons (Fsp3) is 0.190. The van der Waals surface area contributed by atoms with Gasteiger partial charge in [-0.3, -0.25) is 4.79 Å². The molecule has 2 heterocycles. The number of carbonyl (C=O) groups is 1. The highest BCUT2D eigenvalue weighted by Gasteiger charge is 2.14. The van der Waals surface area contributed by atoms with E-state index >= 15 is 0 Å². The van der Waals surface area contributed by atoms with Gasteiger partial charge in [0, 0.05) is 34.4 Å². The van der Waals surface area contributed by atoms with Crippen LogP contribution < -0.4 is 10.2 Å². The Morgan fingerprint density at radius 3 is 2.59 bits per heavy atom. The molecule has 3 aromatic rings. The van der Waals surface area contributed by atoms with Crippen LogP contribution in [0.5, 0.6) is 0 Å². The average Bonchev–Trinajstić information content (AvgIpc) is 3.20. The van der Waals surface area contributed by atoms with Crippen molar-refractivity contribution in [2.24, 2.45) is 0 Å². The van der Waals surface area contributed by atoms with Crippen molar-refractivity contribution in [1.29, 1.82) is 0 Å². The van der Waals surface area contributed by atoms with Crippen molar-refractivity contribution in [3.05, 3.63) is 70.6 Å². The van der Waals surface area contributed by atoms with Crippen molar-refractivity contribution in [3.63, 3.8) is 0 Å². The number of hydrogen-bond acceptors (Lipinski definition) is 4. The summed E-state index contributed by atoms with van der Waals surface area (Å²) in [5.41, 5.74) is 2.95. The highest BCUT2D eigenvalue weighted by atomic mass is 35.5. The first-order valence-corrected chi connectivity index (χ1v) is 9.98. The molecule has 0 atom stereocenters. The topological polar surface area (TPSA) is 41.6 Å². The van der Waals surface area contributed by atoms with Crippen LogP contribution in [0.2, 0.25) is 5.02 Å². The number of hydrogen-bond donors (Lipinski definition) is 1. The van der Waals surface area contributed by atoms with Crippen LogP contribution in [0, 0.1) is 0 Å². The second-order valence-corrected chi connectivity index (χ2v) is 7.79. The van der Waals surface area contributed by atoms with Crippen LogP contribution in [0.3, 0.4) is 0 Å². The first-order chi connectivity index (χ1) is 13.2. The Labute approximate surface area is 167 Å². The van der Waals surface area contributed by atoms with E-state index in [-0.39, 0.29) is 5.91 Å². The minimum absolute atomic E-state index is 0.0978. The lowest BCUT2D eigenvalue weighted by molar-refractivity contribution is 0.103. The minimum atomic E-state index is -0.0978. The molecule has 1 N–H and O–H groups in total. The third-order valence-electron chi connectivity index (χ3n) is 4.44. The van der Waals surface area contributed by atoms with E-state index in [1.165, 1.54) is 11.3 Å². The third-order valence-corrected chi connectivity index (χ3v) is 5.82. The van der Waals surface area contributed by atoms with E-state index in [1.54, 1.807) is 0 Å². The van der Waals surface area contributed by atoms with Gasteiger partial charge in [-0.25, -0.2) is 0 Å². The van der Waals surface area contributed by atoms with Crippen LogP contribution in [-0.2, 0) is 4.74 Å². The van der Waals surface area contributed by atoms with Gasteiger partial charge in [0.05, 0.1) is 18.1 Å². The molecule has 138 valence electrons. The molecule has 1 aliphatic rings. The van der Waals surface area contributed by atoms with Crippen molar-refractivity contribution in [2.75, 3.05) is 36.5 Å². The number of anilines is 2. The molecule has 1 amide bonds. The zero-order chi connectivity index (χ0) is 18.6.